The highest BCUT2D eigenvalue weighted by molar-refractivity contribution is 5.50. The molecule has 1 saturated heterocycles. The molecule has 2 rings (SSSR count). The summed E-state index contributed by atoms with van der Waals surface area (Å²) < 4.78 is 24.2. The van der Waals surface area contributed by atoms with Crippen molar-refractivity contribution < 1.29 is 13.9 Å². The SMILES string of the molecule is COc1ccc(F)c(NC2CCOC(C)C2)c1. The van der Waals surface area contributed by atoms with Gasteiger partial charge in [-0.2, -0.15) is 0 Å². The van der Waals surface area contributed by atoms with E-state index in [4.69, 9.17) is 9.47 Å². The summed E-state index contributed by atoms with van der Waals surface area (Å²) in [5.74, 6) is 0.416. The zero-order valence-corrected chi connectivity index (χ0v) is 10.2. The topological polar surface area (TPSA) is 30.5 Å². The van der Waals surface area contributed by atoms with Gasteiger partial charge in [0.25, 0.3) is 0 Å². The zero-order valence-electron chi connectivity index (χ0n) is 10.2. The molecule has 0 amide bonds. The summed E-state index contributed by atoms with van der Waals surface area (Å²) in [5.41, 5.74) is 0.503. The quantitative estimate of drug-likeness (QED) is 0.879. The molecule has 2 atom stereocenters. The van der Waals surface area contributed by atoms with Gasteiger partial charge in [0, 0.05) is 18.7 Å². The Morgan fingerprint density at radius 3 is 3.00 bits per heavy atom. The molecule has 0 radical (unpaired) electrons. The van der Waals surface area contributed by atoms with E-state index in [0.29, 0.717) is 11.4 Å². The second kappa shape index (κ2) is 5.36. The maximum absolute atomic E-state index is 13.6. The van der Waals surface area contributed by atoms with Crippen LogP contribution in [0.5, 0.6) is 5.75 Å². The van der Waals surface area contributed by atoms with Crippen LogP contribution in [0.1, 0.15) is 19.8 Å². The molecule has 1 aliphatic rings. The molecule has 94 valence electrons. The maximum Gasteiger partial charge on any atom is 0.146 e. The molecule has 2 unspecified atom stereocenters. The first kappa shape index (κ1) is 12.2. The lowest BCUT2D eigenvalue weighted by molar-refractivity contribution is 0.0232. The van der Waals surface area contributed by atoms with Crippen LogP contribution in [0.3, 0.4) is 0 Å². The number of anilines is 1. The van der Waals surface area contributed by atoms with E-state index in [1.807, 2.05) is 6.92 Å². The lowest BCUT2D eigenvalue weighted by atomic mass is 10.0. The van der Waals surface area contributed by atoms with Gasteiger partial charge in [-0.15, -0.1) is 0 Å². The number of methoxy groups -OCH3 is 1. The summed E-state index contributed by atoms with van der Waals surface area (Å²) in [6.45, 7) is 2.76. The van der Waals surface area contributed by atoms with E-state index in [1.165, 1.54) is 6.07 Å². The number of halogens is 1. The Bertz CT molecular complexity index is 384. The minimum Gasteiger partial charge on any atom is -0.497 e. The Labute approximate surface area is 101 Å². The second-order valence-corrected chi connectivity index (χ2v) is 4.39. The number of rotatable bonds is 3. The maximum atomic E-state index is 13.6. The van der Waals surface area contributed by atoms with E-state index >= 15 is 0 Å². The summed E-state index contributed by atoms with van der Waals surface area (Å²) in [6.07, 6.45) is 2.03. The van der Waals surface area contributed by atoms with Gasteiger partial charge in [0.15, 0.2) is 0 Å². The van der Waals surface area contributed by atoms with Gasteiger partial charge in [0.1, 0.15) is 11.6 Å². The summed E-state index contributed by atoms with van der Waals surface area (Å²) in [5, 5.41) is 3.22. The average molecular weight is 239 g/mol. The van der Waals surface area contributed by atoms with E-state index in [-0.39, 0.29) is 18.0 Å². The molecule has 0 bridgehead atoms. The van der Waals surface area contributed by atoms with Crippen LogP contribution in [-0.2, 0) is 4.74 Å². The lowest BCUT2D eigenvalue weighted by Gasteiger charge is -2.28. The molecule has 0 aliphatic carbocycles. The van der Waals surface area contributed by atoms with Crippen molar-refractivity contribution >= 4 is 5.69 Å². The number of benzene rings is 1. The molecule has 0 spiro atoms. The number of nitrogens with one attached hydrogen (secondary N) is 1. The van der Waals surface area contributed by atoms with Crippen LogP contribution in [0.2, 0.25) is 0 Å². The molecule has 1 heterocycles. The fraction of sp³-hybridized carbons (Fsp3) is 0.538. The van der Waals surface area contributed by atoms with Crippen LogP contribution in [0.4, 0.5) is 10.1 Å². The van der Waals surface area contributed by atoms with E-state index in [0.717, 1.165) is 19.4 Å². The monoisotopic (exact) mass is 239 g/mol. The van der Waals surface area contributed by atoms with Crippen LogP contribution in [0.15, 0.2) is 18.2 Å². The minimum atomic E-state index is -0.245. The fourth-order valence-electron chi connectivity index (χ4n) is 2.09. The Kier molecular flexibility index (Phi) is 3.84. The van der Waals surface area contributed by atoms with Crippen molar-refractivity contribution in [2.75, 3.05) is 19.0 Å². The number of ether oxygens (including phenoxy) is 2. The van der Waals surface area contributed by atoms with Gasteiger partial charge in [0.05, 0.1) is 18.9 Å². The van der Waals surface area contributed by atoms with E-state index in [2.05, 4.69) is 5.32 Å². The summed E-state index contributed by atoms with van der Waals surface area (Å²) in [6, 6.07) is 4.99. The predicted octanol–water partition coefficient (Wildman–Crippen LogP) is 2.81. The van der Waals surface area contributed by atoms with Gasteiger partial charge in [-0.3, -0.25) is 0 Å². The van der Waals surface area contributed by atoms with Gasteiger partial charge in [-0.25, -0.2) is 4.39 Å². The van der Waals surface area contributed by atoms with Crippen molar-refractivity contribution in [1.82, 2.24) is 0 Å². The minimum absolute atomic E-state index is 0.231. The number of hydrogen-bond acceptors (Lipinski definition) is 3. The van der Waals surface area contributed by atoms with E-state index in [1.54, 1.807) is 19.2 Å². The van der Waals surface area contributed by atoms with E-state index in [9.17, 15) is 4.39 Å². The molecule has 1 N–H and O–H groups in total. The third-order valence-electron chi connectivity index (χ3n) is 3.02. The van der Waals surface area contributed by atoms with Crippen LogP contribution in [0.25, 0.3) is 0 Å². The van der Waals surface area contributed by atoms with Gasteiger partial charge in [-0.05, 0) is 31.9 Å². The molecule has 1 fully saturated rings. The first-order valence-electron chi connectivity index (χ1n) is 5.90. The molecular formula is C13H18FNO2. The molecule has 0 aromatic heterocycles. The molecule has 4 heteroatoms. The molecule has 1 aromatic rings. The molecule has 1 aromatic carbocycles. The molecule has 17 heavy (non-hydrogen) atoms. The van der Waals surface area contributed by atoms with Crippen molar-refractivity contribution in [1.29, 1.82) is 0 Å². The smallest absolute Gasteiger partial charge is 0.146 e. The summed E-state index contributed by atoms with van der Waals surface area (Å²) in [7, 11) is 1.58. The van der Waals surface area contributed by atoms with Gasteiger partial charge < -0.3 is 14.8 Å². The first-order valence-corrected chi connectivity index (χ1v) is 5.90. The van der Waals surface area contributed by atoms with Crippen LogP contribution >= 0.6 is 0 Å². The van der Waals surface area contributed by atoms with Crippen molar-refractivity contribution in [2.45, 2.75) is 31.9 Å². The van der Waals surface area contributed by atoms with Crippen LogP contribution < -0.4 is 10.1 Å². The number of hydrogen-bond donors (Lipinski definition) is 1. The van der Waals surface area contributed by atoms with Crippen LogP contribution in [-0.4, -0.2) is 25.9 Å². The largest absolute Gasteiger partial charge is 0.497 e. The highest BCUT2D eigenvalue weighted by Gasteiger charge is 2.20. The van der Waals surface area contributed by atoms with E-state index < -0.39 is 0 Å². The molecule has 3 nitrogen and oxygen atoms in total. The summed E-state index contributed by atoms with van der Waals surface area (Å²) in [4.78, 5) is 0. The molecular weight excluding hydrogens is 221 g/mol. The van der Waals surface area contributed by atoms with Crippen molar-refractivity contribution in [3.63, 3.8) is 0 Å². The zero-order chi connectivity index (χ0) is 12.3. The Morgan fingerprint density at radius 1 is 1.47 bits per heavy atom. The van der Waals surface area contributed by atoms with Gasteiger partial charge in [-0.1, -0.05) is 0 Å². The predicted molar refractivity (Wildman–Crippen MR) is 65.0 cm³/mol. The first-order chi connectivity index (χ1) is 8.19. The van der Waals surface area contributed by atoms with Gasteiger partial charge >= 0.3 is 0 Å². The van der Waals surface area contributed by atoms with Crippen molar-refractivity contribution in [3.8, 4) is 5.75 Å². The Hall–Kier alpha value is -1.29. The lowest BCUT2D eigenvalue weighted by Crippen LogP contribution is -2.32. The Morgan fingerprint density at radius 2 is 2.29 bits per heavy atom. The molecule has 0 saturated carbocycles. The second-order valence-electron chi connectivity index (χ2n) is 4.39. The van der Waals surface area contributed by atoms with Crippen LogP contribution in [0, 0.1) is 5.82 Å². The van der Waals surface area contributed by atoms with Crippen molar-refractivity contribution in [3.05, 3.63) is 24.0 Å². The van der Waals surface area contributed by atoms with Gasteiger partial charge in [0.2, 0.25) is 0 Å². The van der Waals surface area contributed by atoms with Crippen molar-refractivity contribution in [2.24, 2.45) is 0 Å². The third-order valence-corrected chi connectivity index (χ3v) is 3.02. The summed E-state index contributed by atoms with van der Waals surface area (Å²) >= 11 is 0. The average Bonchev–Trinajstić information content (AvgIpc) is 2.32. The Balaban J connectivity index is 2.06. The normalized spacial score (nSPS) is 24.4. The molecule has 1 aliphatic heterocycles. The highest BCUT2D eigenvalue weighted by Crippen LogP contribution is 2.24. The fourth-order valence-corrected chi connectivity index (χ4v) is 2.09. The third kappa shape index (κ3) is 3.09. The standard InChI is InChI=1S/C13H18FNO2/c1-9-7-10(5-6-17-9)15-13-8-11(16-2)3-4-12(13)14/h3-4,8-10,15H,5-7H2,1-2H3. The highest BCUT2D eigenvalue weighted by atomic mass is 19.1.